The molecular formula is C10H18N2OS. The number of carbonyl (C=O) groups excluding carboxylic acids is 1. The Kier molecular flexibility index (Phi) is 3.34. The predicted molar refractivity (Wildman–Crippen MR) is 59.4 cm³/mol. The van der Waals surface area contributed by atoms with E-state index in [4.69, 9.17) is 0 Å². The van der Waals surface area contributed by atoms with Gasteiger partial charge in [-0.3, -0.25) is 9.69 Å². The number of thiol groups is 1. The van der Waals surface area contributed by atoms with Gasteiger partial charge in [-0.05, 0) is 19.3 Å². The second kappa shape index (κ2) is 4.53. The topological polar surface area (TPSA) is 23.6 Å². The second-order valence-electron chi connectivity index (χ2n) is 4.18. The van der Waals surface area contributed by atoms with E-state index in [0.29, 0.717) is 11.9 Å². The molecule has 14 heavy (non-hydrogen) atoms. The fourth-order valence-electron chi connectivity index (χ4n) is 2.43. The van der Waals surface area contributed by atoms with E-state index in [1.54, 1.807) is 0 Å². The Balaban J connectivity index is 1.85. The van der Waals surface area contributed by atoms with E-state index in [1.165, 1.54) is 0 Å². The minimum absolute atomic E-state index is 0.370. The van der Waals surface area contributed by atoms with Crippen molar-refractivity contribution in [1.82, 2.24) is 9.80 Å². The van der Waals surface area contributed by atoms with Gasteiger partial charge in [-0.25, -0.2) is 0 Å². The average Bonchev–Trinajstić information content (AvgIpc) is 2.65. The first-order chi connectivity index (χ1) is 6.81. The van der Waals surface area contributed by atoms with Crippen LogP contribution in [0.1, 0.15) is 25.7 Å². The van der Waals surface area contributed by atoms with Crippen LogP contribution in [0.25, 0.3) is 0 Å². The van der Waals surface area contributed by atoms with Gasteiger partial charge in [-0.15, -0.1) is 0 Å². The van der Waals surface area contributed by atoms with E-state index in [1.807, 2.05) is 0 Å². The van der Waals surface area contributed by atoms with Crippen molar-refractivity contribution < 1.29 is 4.79 Å². The largest absolute Gasteiger partial charge is 0.340 e. The summed E-state index contributed by atoms with van der Waals surface area (Å²) in [6, 6.07) is 0.515. The summed E-state index contributed by atoms with van der Waals surface area (Å²) < 4.78 is 0. The van der Waals surface area contributed by atoms with E-state index < -0.39 is 0 Å². The lowest BCUT2D eigenvalue weighted by Crippen LogP contribution is -2.44. The number of amides is 1. The van der Waals surface area contributed by atoms with Crippen molar-refractivity contribution in [2.24, 2.45) is 0 Å². The van der Waals surface area contributed by atoms with Crippen molar-refractivity contribution in [3.05, 3.63) is 0 Å². The summed E-state index contributed by atoms with van der Waals surface area (Å²) in [7, 11) is 0. The van der Waals surface area contributed by atoms with Gasteiger partial charge in [-0.1, -0.05) is 0 Å². The van der Waals surface area contributed by atoms with Gasteiger partial charge in [0.1, 0.15) is 0 Å². The van der Waals surface area contributed by atoms with Crippen molar-refractivity contribution >= 4 is 18.5 Å². The summed E-state index contributed by atoms with van der Waals surface area (Å²) in [5, 5.41) is 0. The van der Waals surface area contributed by atoms with E-state index in [2.05, 4.69) is 22.4 Å². The Bertz CT molecular complexity index is 214. The van der Waals surface area contributed by atoms with Crippen LogP contribution in [0.5, 0.6) is 0 Å². The number of likely N-dealkylation sites (tertiary alicyclic amines) is 2. The summed E-state index contributed by atoms with van der Waals surface area (Å²) in [6.45, 7) is 3.18. The molecule has 0 aliphatic carbocycles. The molecule has 0 saturated carbocycles. The zero-order chi connectivity index (χ0) is 9.97. The summed E-state index contributed by atoms with van der Waals surface area (Å²) in [6.07, 6.45) is 4.09. The second-order valence-corrected chi connectivity index (χ2v) is 4.46. The molecule has 1 amide bonds. The van der Waals surface area contributed by atoms with Crippen LogP contribution in [0.15, 0.2) is 0 Å². The molecule has 2 heterocycles. The van der Waals surface area contributed by atoms with E-state index in [0.717, 1.165) is 51.2 Å². The molecule has 0 unspecified atom stereocenters. The molecule has 0 aromatic heterocycles. The summed E-state index contributed by atoms with van der Waals surface area (Å²) in [5.41, 5.74) is 0. The minimum Gasteiger partial charge on any atom is -0.340 e. The maximum atomic E-state index is 11.5. The van der Waals surface area contributed by atoms with E-state index in [-0.39, 0.29) is 0 Å². The number of piperidine rings is 1. The summed E-state index contributed by atoms with van der Waals surface area (Å²) >= 11 is 4.27. The lowest BCUT2D eigenvalue weighted by Gasteiger charge is -2.35. The number of hydrogen-bond acceptors (Lipinski definition) is 3. The van der Waals surface area contributed by atoms with Crippen molar-refractivity contribution in [2.45, 2.75) is 31.7 Å². The van der Waals surface area contributed by atoms with Crippen molar-refractivity contribution in [3.8, 4) is 0 Å². The molecule has 4 heteroatoms. The monoisotopic (exact) mass is 214 g/mol. The average molecular weight is 214 g/mol. The highest BCUT2D eigenvalue weighted by atomic mass is 32.1. The highest BCUT2D eigenvalue weighted by Gasteiger charge is 2.30. The molecule has 80 valence electrons. The molecule has 0 aromatic rings. The first-order valence-electron chi connectivity index (χ1n) is 5.44. The van der Waals surface area contributed by atoms with Gasteiger partial charge in [0.15, 0.2) is 0 Å². The maximum Gasteiger partial charge on any atom is 0.222 e. The van der Waals surface area contributed by atoms with Gasteiger partial charge >= 0.3 is 0 Å². The normalized spacial score (nSPS) is 26.1. The standard InChI is InChI=1S/C10H18N2OS/c13-10-2-1-5-12(10)9-3-6-11(8-14)7-4-9/h9,14H,1-8H2. The molecule has 0 atom stereocenters. The predicted octanol–water partition coefficient (Wildman–Crippen LogP) is 0.961. The van der Waals surface area contributed by atoms with Gasteiger partial charge < -0.3 is 4.90 Å². The first kappa shape index (κ1) is 10.3. The van der Waals surface area contributed by atoms with Crippen LogP contribution in [-0.2, 0) is 4.79 Å². The summed E-state index contributed by atoms with van der Waals surface area (Å²) in [5.74, 6) is 1.22. The lowest BCUT2D eigenvalue weighted by molar-refractivity contribution is -0.130. The molecule has 2 fully saturated rings. The van der Waals surface area contributed by atoms with Gasteiger partial charge in [0.05, 0.1) is 0 Å². The highest BCUT2D eigenvalue weighted by molar-refractivity contribution is 7.80. The quantitative estimate of drug-likeness (QED) is 0.692. The Morgan fingerprint density at radius 1 is 1.29 bits per heavy atom. The van der Waals surface area contributed by atoms with Crippen LogP contribution < -0.4 is 0 Å². The third kappa shape index (κ3) is 2.06. The molecule has 0 aromatic carbocycles. The van der Waals surface area contributed by atoms with E-state index >= 15 is 0 Å². The van der Waals surface area contributed by atoms with Gasteiger partial charge in [0.25, 0.3) is 0 Å². The smallest absolute Gasteiger partial charge is 0.222 e. The number of nitrogens with zero attached hydrogens (tertiary/aromatic N) is 2. The van der Waals surface area contributed by atoms with Crippen LogP contribution in [0.3, 0.4) is 0 Å². The third-order valence-electron chi connectivity index (χ3n) is 3.31. The van der Waals surface area contributed by atoms with Crippen LogP contribution in [0, 0.1) is 0 Å². The Morgan fingerprint density at radius 2 is 2.00 bits per heavy atom. The number of hydrogen-bond donors (Lipinski definition) is 1. The first-order valence-corrected chi connectivity index (χ1v) is 6.07. The van der Waals surface area contributed by atoms with Gasteiger partial charge in [0, 0.05) is 38.0 Å². The maximum absolute atomic E-state index is 11.5. The van der Waals surface area contributed by atoms with Crippen LogP contribution in [0.4, 0.5) is 0 Å². The molecule has 2 aliphatic heterocycles. The minimum atomic E-state index is 0.370. The SMILES string of the molecule is O=C1CCCN1C1CCN(CS)CC1. The molecule has 0 N–H and O–H groups in total. The van der Waals surface area contributed by atoms with Crippen molar-refractivity contribution in [3.63, 3.8) is 0 Å². The Morgan fingerprint density at radius 3 is 2.50 bits per heavy atom. The zero-order valence-corrected chi connectivity index (χ0v) is 9.38. The lowest BCUT2D eigenvalue weighted by atomic mass is 10.0. The van der Waals surface area contributed by atoms with Crippen LogP contribution in [-0.4, -0.2) is 47.3 Å². The Labute approximate surface area is 90.8 Å². The highest BCUT2D eigenvalue weighted by Crippen LogP contribution is 2.21. The molecule has 0 spiro atoms. The number of carbonyl (C=O) groups is 1. The molecular weight excluding hydrogens is 196 g/mol. The third-order valence-corrected chi connectivity index (χ3v) is 3.71. The van der Waals surface area contributed by atoms with Gasteiger partial charge in [-0.2, -0.15) is 12.6 Å². The molecule has 2 saturated heterocycles. The summed E-state index contributed by atoms with van der Waals surface area (Å²) in [4.78, 5) is 15.9. The van der Waals surface area contributed by atoms with Crippen LogP contribution >= 0.6 is 12.6 Å². The molecule has 2 rings (SSSR count). The fourth-order valence-corrected chi connectivity index (χ4v) is 2.71. The van der Waals surface area contributed by atoms with Crippen LogP contribution in [0.2, 0.25) is 0 Å². The van der Waals surface area contributed by atoms with Crippen molar-refractivity contribution in [1.29, 1.82) is 0 Å². The zero-order valence-electron chi connectivity index (χ0n) is 8.48. The molecule has 0 radical (unpaired) electrons. The Hall–Kier alpha value is -0.220. The molecule has 0 bridgehead atoms. The molecule has 2 aliphatic rings. The number of rotatable bonds is 2. The van der Waals surface area contributed by atoms with Gasteiger partial charge in [0.2, 0.25) is 5.91 Å². The van der Waals surface area contributed by atoms with Crippen molar-refractivity contribution in [2.75, 3.05) is 25.5 Å². The fraction of sp³-hybridized carbons (Fsp3) is 0.900. The molecule has 3 nitrogen and oxygen atoms in total. The van der Waals surface area contributed by atoms with E-state index in [9.17, 15) is 4.79 Å².